The maximum Gasteiger partial charge on any atom is 0.0237 e. The smallest absolute Gasteiger partial charge is 0.0237 e. The van der Waals surface area contributed by atoms with E-state index in [1.807, 2.05) is 0 Å². The van der Waals surface area contributed by atoms with Crippen LogP contribution in [0.2, 0.25) is 0 Å². The molecule has 2 heteroatoms. The van der Waals surface area contributed by atoms with Crippen LogP contribution in [0.15, 0.2) is 0 Å². The molecule has 2 nitrogen and oxygen atoms in total. The SMILES string of the molecule is CCCCCCC(C)(CCCCC)N1CC(N)C2(CC2)C1. The van der Waals surface area contributed by atoms with Crippen molar-refractivity contribution < 1.29 is 0 Å². The molecule has 2 fully saturated rings. The molecule has 0 aromatic rings. The van der Waals surface area contributed by atoms with E-state index in [-0.39, 0.29) is 0 Å². The van der Waals surface area contributed by atoms with Gasteiger partial charge in [0.1, 0.15) is 0 Å². The van der Waals surface area contributed by atoms with Crippen molar-refractivity contribution in [3.05, 3.63) is 0 Å². The van der Waals surface area contributed by atoms with Crippen molar-refractivity contribution in [3.8, 4) is 0 Å². The van der Waals surface area contributed by atoms with Crippen LogP contribution in [0.5, 0.6) is 0 Å². The zero-order valence-corrected chi connectivity index (χ0v) is 14.8. The van der Waals surface area contributed by atoms with E-state index >= 15 is 0 Å². The zero-order valence-electron chi connectivity index (χ0n) is 14.8. The van der Waals surface area contributed by atoms with Crippen LogP contribution < -0.4 is 5.73 Å². The summed E-state index contributed by atoms with van der Waals surface area (Å²) in [6.07, 6.45) is 15.1. The van der Waals surface area contributed by atoms with Crippen molar-refractivity contribution in [3.63, 3.8) is 0 Å². The third-order valence-corrected chi connectivity index (χ3v) is 6.25. The summed E-state index contributed by atoms with van der Waals surface area (Å²) >= 11 is 0. The minimum atomic E-state index is 0.409. The van der Waals surface area contributed by atoms with Gasteiger partial charge < -0.3 is 5.73 Å². The molecule has 1 aliphatic carbocycles. The highest BCUT2D eigenvalue weighted by Gasteiger charge is 2.55. The number of nitrogens with zero attached hydrogens (tertiary/aromatic N) is 1. The van der Waals surface area contributed by atoms with Crippen molar-refractivity contribution >= 4 is 0 Å². The van der Waals surface area contributed by atoms with Gasteiger partial charge >= 0.3 is 0 Å². The second kappa shape index (κ2) is 7.46. The highest BCUT2D eigenvalue weighted by Crippen LogP contribution is 2.54. The van der Waals surface area contributed by atoms with Gasteiger partial charge in [-0.15, -0.1) is 0 Å². The van der Waals surface area contributed by atoms with Gasteiger partial charge in [-0.25, -0.2) is 0 Å². The Balaban J connectivity index is 1.90. The quantitative estimate of drug-likeness (QED) is 0.591. The van der Waals surface area contributed by atoms with Gasteiger partial charge in [0.15, 0.2) is 0 Å². The molecular weight excluding hydrogens is 256 g/mol. The van der Waals surface area contributed by atoms with Gasteiger partial charge in [0, 0.05) is 24.7 Å². The minimum Gasteiger partial charge on any atom is -0.326 e. The first kappa shape index (κ1) is 17.3. The second-order valence-corrected chi connectivity index (χ2v) is 8.11. The molecule has 1 heterocycles. The fraction of sp³-hybridized carbons (Fsp3) is 1.00. The maximum absolute atomic E-state index is 6.45. The average Bonchev–Trinajstić information content (AvgIpc) is 3.16. The Labute approximate surface area is 132 Å². The highest BCUT2D eigenvalue weighted by molar-refractivity contribution is 5.11. The van der Waals surface area contributed by atoms with Gasteiger partial charge in [-0.3, -0.25) is 4.90 Å². The van der Waals surface area contributed by atoms with E-state index in [1.165, 1.54) is 77.2 Å². The predicted molar refractivity (Wildman–Crippen MR) is 92.5 cm³/mol. The molecule has 2 unspecified atom stereocenters. The van der Waals surface area contributed by atoms with E-state index in [1.54, 1.807) is 0 Å². The molecule has 1 spiro atoms. The molecule has 124 valence electrons. The number of nitrogens with two attached hydrogens (primary N) is 1. The highest BCUT2D eigenvalue weighted by atomic mass is 15.3. The first-order chi connectivity index (χ1) is 10.1. The minimum absolute atomic E-state index is 0.409. The first-order valence-corrected chi connectivity index (χ1v) is 9.57. The van der Waals surface area contributed by atoms with Crippen molar-refractivity contribution in [2.75, 3.05) is 13.1 Å². The number of hydrogen-bond donors (Lipinski definition) is 1. The molecule has 0 bridgehead atoms. The lowest BCUT2D eigenvalue weighted by Gasteiger charge is -2.40. The Hall–Kier alpha value is -0.0800. The van der Waals surface area contributed by atoms with E-state index in [2.05, 4.69) is 25.7 Å². The van der Waals surface area contributed by atoms with Gasteiger partial charge in [0.2, 0.25) is 0 Å². The van der Waals surface area contributed by atoms with Gasteiger partial charge in [-0.05, 0) is 38.0 Å². The zero-order chi connectivity index (χ0) is 15.3. The van der Waals surface area contributed by atoms with Crippen LogP contribution in [0.1, 0.15) is 91.4 Å². The summed E-state index contributed by atoms with van der Waals surface area (Å²) in [5, 5.41) is 0. The normalized spacial score (nSPS) is 27.1. The Bertz CT molecular complexity index is 311. The summed E-state index contributed by atoms with van der Waals surface area (Å²) in [5.41, 5.74) is 7.38. The number of unbranched alkanes of at least 4 members (excludes halogenated alkanes) is 5. The van der Waals surface area contributed by atoms with Gasteiger partial charge in [-0.2, -0.15) is 0 Å². The number of hydrogen-bond acceptors (Lipinski definition) is 2. The molecule has 0 radical (unpaired) electrons. The number of likely N-dealkylation sites (tertiary alicyclic amines) is 1. The molecule has 1 saturated heterocycles. The Kier molecular flexibility index (Phi) is 6.14. The fourth-order valence-electron chi connectivity index (χ4n) is 4.22. The van der Waals surface area contributed by atoms with Crippen LogP contribution in [0.4, 0.5) is 0 Å². The van der Waals surface area contributed by atoms with Crippen LogP contribution in [-0.2, 0) is 0 Å². The van der Waals surface area contributed by atoms with Crippen molar-refractivity contribution in [1.82, 2.24) is 4.90 Å². The molecule has 2 aliphatic rings. The molecule has 0 aromatic carbocycles. The summed E-state index contributed by atoms with van der Waals surface area (Å²) in [7, 11) is 0. The molecule has 2 atom stereocenters. The summed E-state index contributed by atoms with van der Waals surface area (Å²) in [6, 6.07) is 0.443. The van der Waals surface area contributed by atoms with Gasteiger partial charge in [0.25, 0.3) is 0 Å². The molecular formula is C19H38N2. The second-order valence-electron chi connectivity index (χ2n) is 8.11. The van der Waals surface area contributed by atoms with Gasteiger partial charge in [0.05, 0.1) is 0 Å². The van der Waals surface area contributed by atoms with Crippen LogP contribution in [0, 0.1) is 5.41 Å². The van der Waals surface area contributed by atoms with E-state index < -0.39 is 0 Å². The lowest BCUT2D eigenvalue weighted by Crippen LogP contribution is -2.46. The standard InChI is InChI=1S/C19H38N2/c1-4-6-8-10-12-18(3,11-9-7-5-2)21-15-17(20)19(16-21)13-14-19/h17H,4-16,20H2,1-3H3. The van der Waals surface area contributed by atoms with Crippen LogP contribution >= 0.6 is 0 Å². The van der Waals surface area contributed by atoms with Crippen LogP contribution in [0.25, 0.3) is 0 Å². The molecule has 1 aliphatic heterocycles. The Morgan fingerprint density at radius 3 is 2.10 bits per heavy atom. The third kappa shape index (κ3) is 4.22. The summed E-state index contributed by atoms with van der Waals surface area (Å²) in [5.74, 6) is 0. The number of rotatable bonds is 10. The largest absolute Gasteiger partial charge is 0.326 e. The topological polar surface area (TPSA) is 29.3 Å². The monoisotopic (exact) mass is 294 g/mol. The van der Waals surface area contributed by atoms with Gasteiger partial charge in [-0.1, -0.05) is 58.8 Å². The third-order valence-electron chi connectivity index (χ3n) is 6.25. The summed E-state index contributed by atoms with van der Waals surface area (Å²) in [6.45, 7) is 9.57. The van der Waals surface area contributed by atoms with Crippen LogP contribution in [0.3, 0.4) is 0 Å². The first-order valence-electron chi connectivity index (χ1n) is 9.57. The summed E-state index contributed by atoms with van der Waals surface area (Å²) in [4.78, 5) is 2.78. The molecule has 21 heavy (non-hydrogen) atoms. The van der Waals surface area contributed by atoms with E-state index in [0.717, 1.165) is 6.54 Å². The lowest BCUT2D eigenvalue weighted by atomic mass is 9.86. The molecule has 2 N–H and O–H groups in total. The van der Waals surface area contributed by atoms with E-state index in [0.29, 0.717) is 17.0 Å². The predicted octanol–water partition coefficient (Wildman–Crippen LogP) is 4.72. The fourth-order valence-corrected chi connectivity index (χ4v) is 4.22. The molecule has 1 saturated carbocycles. The molecule has 2 rings (SSSR count). The van der Waals surface area contributed by atoms with Crippen LogP contribution in [-0.4, -0.2) is 29.6 Å². The lowest BCUT2D eigenvalue weighted by molar-refractivity contribution is 0.101. The Morgan fingerprint density at radius 1 is 1.00 bits per heavy atom. The Morgan fingerprint density at radius 2 is 1.57 bits per heavy atom. The maximum atomic E-state index is 6.45. The average molecular weight is 295 g/mol. The van der Waals surface area contributed by atoms with Crippen molar-refractivity contribution in [2.45, 2.75) is 103 Å². The van der Waals surface area contributed by atoms with Crippen molar-refractivity contribution in [1.29, 1.82) is 0 Å². The van der Waals surface area contributed by atoms with E-state index in [4.69, 9.17) is 5.73 Å². The summed E-state index contributed by atoms with van der Waals surface area (Å²) < 4.78 is 0. The molecule has 0 amide bonds. The van der Waals surface area contributed by atoms with E-state index in [9.17, 15) is 0 Å². The van der Waals surface area contributed by atoms with Crippen molar-refractivity contribution in [2.24, 2.45) is 11.1 Å². The molecule has 0 aromatic heterocycles.